The molecule has 0 aliphatic rings. The van der Waals surface area contributed by atoms with E-state index in [4.69, 9.17) is 0 Å². The molecule has 0 radical (unpaired) electrons. The number of alkyl halides is 3. The maximum atomic E-state index is 13.1. The van der Waals surface area contributed by atoms with Gasteiger partial charge in [-0.1, -0.05) is 58.9 Å². The SMILES string of the molecule is Cc1cc(CC(C)(C)c2cccc(C(F)(F)F)c2)c(C(C)(C)C)cc1O. The van der Waals surface area contributed by atoms with Gasteiger partial charge in [0.2, 0.25) is 0 Å². The minimum Gasteiger partial charge on any atom is -0.508 e. The Morgan fingerprint density at radius 2 is 1.46 bits per heavy atom. The van der Waals surface area contributed by atoms with Gasteiger partial charge in [-0.15, -0.1) is 0 Å². The van der Waals surface area contributed by atoms with Crippen molar-refractivity contribution in [3.63, 3.8) is 0 Å². The van der Waals surface area contributed by atoms with Crippen LogP contribution in [0.25, 0.3) is 0 Å². The van der Waals surface area contributed by atoms with Crippen molar-refractivity contribution < 1.29 is 18.3 Å². The largest absolute Gasteiger partial charge is 0.508 e. The third kappa shape index (κ3) is 4.40. The fourth-order valence-electron chi connectivity index (χ4n) is 3.30. The molecule has 0 aliphatic heterocycles. The smallest absolute Gasteiger partial charge is 0.416 e. The number of phenolic OH excluding ortho intramolecular Hbond substituents is 1. The molecule has 0 saturated heterocycles. The van der Waals surface area contributed by atoms with Crippen LogP contribution in [0.2, 0.25) is 0 Å². The summed E-state index contributed by atoms with van der Waals surface area (Å²) in [7, 11) is 0. The summed E-state index contributed by atoms with van der Waals surface area (Å²) in [4.78, 5) is 0. The summed E-state index contributed by atoms with van der Waals surface area (Å²) < 4.78 is 39.2. The lowest BCUT2D eigenvalue weighted by atomic mass is 9.74. The summed E-state index contributed by atoms with van der Waals surface area (Å²) in [5.74, 6) is 0.246. The van der Waals surface area contributed by atoms with Crippen molar-refractivity contribution in [2.24, 2.45) is 0 Å². The van der Waals surface area contributed by atoms with Gasteiger partial charge in [0.25, 0.3) is 0 Å². The lowest BCUT2D eigenvalue weighted by Gasteiger charge is -2.31. The van der Waals surface area contributed by atoms with Crippen LogP contribution < -0.4 is 0 Å². The summed E-state index contributed by atoms with van der Waals surface area (Å²) >= 11 is 0. The second-order valence-corrected chi connectivity index (χ2v) is 8.69. The number of halogens is 3. The number of aromatic hydroxyl groups is 1. The highest BCUT2D eigenvalue weighted by molar-refractivity contribution is 5.46. The van der Waals surface area contributed by atoms with Crippen LogP contribution in [-0.4, -0.2) is 5.11 Å². The number of hydrogen-bond donors (Lipinski definition) is 1. The zero-order chi connectivity index (χ0) is 19.9. The van der Waals surface area contributed by atoms with Crippen molar-refractivity contribution in [3.8, 4) is 5.75 Å². The van der Waals surface area contributed by atoms with Crippen LogP contribution in [0, 0.1) is 6.92 Å². The molecule has 0 atom stereocenters. The van der Waals surface area contributed by atoms with E-state index in [1.165, 1.54) is 12.1 Å². The highest BCUT2D eigenvalue weighted by atomic mass is 19.4. The van der Waals surface area contributed by atoms with Crippen LogP contribution in [0.15, 0.2) is 36.4 Å². The molecule has 2 aromatic carbocycles. The molecule has 0 amide bonds. The molecular formula is C22H27F3O. The van der Waals surface area contributed by atoms with Crippen LogP contribution in [-0.2, 0) is 23.4 Å². The molecule has 1 N–H and O–H groups in total. The summed E-state index contributed by atoms with van der Waals surface area (Å²) in [5.41, 5.74) is 2.21. The standard InChI is InChI=1S/C22H27F3O/c1-14-10-15(18(12-19(14)26)20(2,3)4)13-21(5,6)16-8-7-9-17(11-16)22(23,24)25/h7-12,26H,13H2,1-6H3. The van der Waals surface area contributed by atoms with E-state index in [2.05, 4.69) is 20.8 Å². The first-order chi connectivity index (χ1) is 11.7. The van der Waals surface area contributed by atoms with Gasteiger partial charge in [0.05, 0.1) is 5.56 Å². The monoisotopic (exact) mass is 364 g/mol. The Labute approximate surface area is 153 Å². The summed E-state index contributed by atoms with van der Waals surface area (Å²) in [6.07, 6.45) is -3.76. The topological polar surface area (TPSA) is 20.2 Å². The predicted octanol–water partition coefficient (Wildman–Crippen LogP) is 6.54. The second-order valence-electron chi connectivity index (χ2n) is 8.69. The molecule has 0 bridgehead atoms. The maximum absolute atomic E-state index is 13.1. The van der Waals surface area contributed by atoms with E-state index in [1.807, 2.05) is 26.8 Å². The minimum absolute atomic E-state index is 0.176. The van der Waals surface area contributed by atoms with Gasteiger partial charge in [0.15, 0.2) is 0 Å². The van der Waals surface area contributed by atoms with Crippen molar-refractivity contribution in [1.29, 1.82) is 0 Å². The first-order valence-corrected chi connectivity index (χ1v) is 8.72. The van der Waals surface area contributed by atoms with Crippen LogP contribution >= 0.6 is 0 Å². The molecule has 0 saturated carbocycles. The Bertz CT molecular complexity index is 796. The summed E-state index contributed by atoms with van der Waals surface area (Å²) in [6.45, 7) is 11.9. The normalized spacial score (nSPS) is 13.1. The van der Waals surface area contributed by atoms with E-state index in [0.29, 0.717) is 12.0 Å². The van der Waals surface area contributed by atoms with Crippen LogP contribution in [0.3, 0.4) is 0 Å². The zero-order valence-electron chi connectivity index (χ0n) is 16.3. The summed E-state index contributed by atoms with van der Waals surface area (Å²) in [5, 5.41) is 10.1. The number of hydrogen-bond acceptors (Lipinski definition) is 1. The molecule has 0 aromatic heterocycles. The Morgan fingerprint density at radius 1 is 0.885 bits per heavy atom. The Morgan fingerprint density at radius 3 is 2.00 bits per heavy atom. The molecule has 1 nitrogen and oxygen atoms in total. The second kappa shape index (κ2) is 6.64. The molecule has 142 valence electrons. The first kappa shape index (κ1) is 20.3. The molecule has 26 heavy (non-hydrogen) atoms. The molecule has 0 heterocycles. The average molecular weight is 364 g/mol. The zero-order valence-corrected chi connectivity index (χ0v) is 16.3. The first-order valence-electron chi connectivity index (χ1n) is 8.72. The van der Waals surface area contributed by atoms with Crippen molar-refractivity contribution in [2.75, 3.05) is 0 Å². The molecule has 4 heteroatoms. The third-order valence-electron chi connectivity index (χ3n) is 4.83. The molecule has 2 aromatic rings. The number of phenols is 1. The van der Waals surface area contributed by atoms with Crippen LogP contribution in [0.5, 0.6) is 5.75 Å². The maximum Gasteiger partial charge on any atom is 0.416 e. The average Bonchev–Trinajstić information content (AvgIpc) is 2.48. The van der Waals surface area contributed by atoms with E-state index in [9.17, 15) is 18.3 Å². The van der Waals surface area contributed by atoms with Crippen LogP contribution in [0.4, 0.5) is 13.2 Å². The van der Waals surface area contributed by atoms with E-state index < -0.39 is 17.2 Å². The quantitative estimate of drug-likeness (QED) is 0.656. The number of aryl methyl sites for hydroxylation is 1. The molecule has 0 unspecified atom stereocenters. The Kier molecular flexibility index (Phi) is 5.19. The van der Waals surface area contributed by atoms with Gasteiger partial charge < -0.3 is 5.11 Å². The lowest BCUT2D eigenvalue weighted by Crippen LogP contribution is -2.24. The van der Waals surface area contributed by atoms with Crippen molar-refractivity contribution in [2.45, 2.75) is 65.0 Å². The predicted molar refractivity (Wildman–Crippen MR) is 99.7 cm³/mol. The number of benzene rings is 2. The van der Waals surface area contributed by atoms with Crippen molar-refractivity contribution >= 4 is 0 Å². The fourth-order valence-corrected chi connectivity index (χ4v) is 3.30. The molecule has 0 aliphatic carbocycles. The van der Waals surface area contributed by atoms with Gasteiger partial charge in [-0.05, 0) is 58.6 Å². The molecule has 2 rings (SSSR count). The van der Waals surface area contributed by atoms with Gasteiger partial charge in [0.1, 0.15) is 5.75 Å². The highest BCUT2D eigenvalue weighted by Gasteiger charge is 2.33. The van der Waals surface area contributed by atoms with Crippen molar-refractivity contribution in [1.82, 2.24) is 0 Å². The highest BCUT2D eigenvalue weighted by Crippen LogP contribution is 2.38. The molecule has 0 spiro atoms. The van der Waals surface area contributed by atoms with Crippen molar-refractivity contribution in [3.05, 3.63) is 64.2 Å². The van der Waals surface area contributed by atoms with Gasteiger partial charge in [-0.2, -0.15) is 13.2 Å². The third-order valence-corrected chi connectivity index (χ3v) is 4.83. The summed E-state index contributed by atoms with van der Waals surface area (Å²) in [6, 6.07) is 9.29. The van der Waals surface area contributed by atoms with E-state index >= 15 is 0 Å². The molecular weight excluding hydrogens is 337 g/mol. The lowest BCUT2D eigenvalue weighted by molar-refractivity contribution is -0.137. The fraction of sp³-hybridized carbons (Fsp3) is 0.455. The Balaban J connectivity index is 2.49. The van der Waals surface area contributed by atoms with Gasteiger partial charge in [-0.3, -0.25) is 0 Å². The van der Waals surface area contributed by atoms with E-state index in [0.717, 1.165) is 22.8 Å². The van der Waals surface area contributed by atoms with Gasteiger partial charge >= 0.3 is 6.18 Å². The van der Waals surface area contributed by atoms with Crippen LogP contribution in [0.1, 0.15) is 62.4 Å². The van der Waals surface area contributed by atoms with E-state index in [-0.39, 0.29) is 11.2 Å². The minimum atomic E-state index is -4.35. The van der Waals surface area contributed by atoms with E-state index in [1.54, 1.807) is 12.1 Å². The Hall–Kier alpha value is -1.97. The molecule has 0 fully saturated rings. The number of rotatable bonds is 3. The van der Waals surface area contributed by atoms with Gasteiger partial charge in [0, 0.05) is 0 Å². The van der Waals surface area contributed by atoms with Gasteiger partial charge in [-0.25, -0.2) is 0 Å².